The smallest absolute Gasteiger partial charge is 0.248 e. The summed E-state index contributed by atoms with van der Waals surface area (Å²) in [6.45, 7) is 0. The van der Waals surface area contributed by atoms with Crippen LogP contribution in [0, 0.1) is 0 Å². The zero-order valence-corrected chi connectivity index (χ0v) is 13.5. The summed E-state index contributed by atoms with van der Waals surface area (Å²) in [6.07, 6.45) is 4.74. The van der Waals surface area contributed by atoms with Gasteiger partial charge in [0.05, 0.1) is 5.69 Å². The summed E-state index contributed by atoms with van der Waals surface area (Å²) in [4.78, 5) is 12.0. The molecule has 1 amide bonds. The molecule has 1 aromatic heterocycles. The number of tetrazole rings is 1. The summed E-state index contributed by atoms with van der Waals surface area (Å²) in [5.41, 5.74) is 2.38. The van der Waals surface area contributed by atoms with Gasteiger partial charge < -0.3 is 5.32 Å². The van der Waals surface area contributed by atoms with Crippen LogP contribution in [-0.4, -0.2) is 26.1 Å². The summed E-state index contributed by atoms with van der Waals surface area (Å²) >= 11 is 3.40. The van der Waals surface area contributed by atoms with Gasteiger partial charge in [-0.15, -0.1) is 5.10 Å². The largest absolute Gasteiger partial charge is 0.322 e. The minimum absolute atomic E-state index is 0.209. The Bertz CT molecular complexity index is 845. The number of carbonyl (C=O) groups excluding carboxylic acids is 1. The minimum Gasteiger partial charge on any atom is -0.322 e. The van der Waals surface area contributed by atoms with Crippen LogP contribution in [0.3, 0.4) is 0 Å². The molecule has 0 radical (unpaired) electrons. The van der Waals surface area contributed by atoms with Crippen molar-refractivity contribution < 1.29 is 4.79 Å². The number of anilines is 1. The summed E-state index contributed by atoms with van der Waals surface area (Å²) in [7, 11) is 0. The van der Waals surface area contributed by atoms with Gasteiger partial charge in [-0.3, -0.25) is 4.79 Å². The Hall–Kier alpha value is -2.80. The van der Waals surface area contributed by atoms with E-state index in [-0.39, 0.29) is 5.91 Å². The molecule has 7 heteroatoms. The molecule has 0 unspecified atom stereocenters. The molecule has 0 fully saturated rings. The average Bonchev–Trinajstić information content (AvgIpc) is 3.08. The molecular formula is C16H12BrN5O. The van der Waals surface area contributed by atoms with Gasteiger partial charge in [0.15, 0.2) is 0 Å². The van der Waals surface area contributed by atoms with Crippen molar-refractivity contribution in [2.75, 3.05) is 5.32 Å². The molecule has 0 aliphatic carbocycles. The van der Waals surface area contributed by atoms with Crippen molar-refractivity contribution >= 4 is 33.6 Å². The van der Waals surface area contributed by atoms with E-state index in [1.54, 1.807) is 18.2 Å². The van der Waals surface area contributed by atoms with Gasteiger partial charge in [0.1, 0.15) is 6.33 Å². The lowest BCUT2D eigenvalue weighted by atomic mass is 10.2. The molecule has 0 spiro atoms. The predicted molar refractivity (Wildman–Crippen MR) is 91.0 cm³/mol. The molecule has 114 valence electrons. The molecular weight excluding hydrogens is 358 g/mol. The Balaban J connectivity index is 1.69. The molecule has 0 saturated heterocycles. The normalized spacial score (nSPS) is 10.8. The molecule has 3 rings (SSSR count). The van der Waals surface area contributed by atoms with E-state index in [1.165, 1.54) is 17.1 Å². The van der Waals surface area contributed by atoms with Crippen molar-refractivity contribution in [1.29, 1.82) is 0 Å². The molecule has 23 heavy (non-hydrogen) atoms. The number of hydrogen-bond donors (Lipinski definition) is 1. The maximum Gasteiger partial charge on any atom is 0.248 e. The van der Waals surface area contributed by atoms with E-state index >= 15 is 0 Å². The van der Waals surface area contributed by atoms with E-state index in [0.29, 0.717) is 5.69 Å². The van der Waals surface area contributed by atoms with Gasteiger partial charge in [0.25, 0.3) is 0 Å². The fourth-order valence-corrected chi connectivity index (χ4v) is 2.39. The highest BCUT2D eigenvalue weighted by Crippen LogP contribution is 2.14. The summed E-state index contributed by atoms with van der Waals surface area (Å²) < 4.78 is 2.49. The van der Waals surface area contributed by atoms with Crippen molar-refractivity contribution in [3.63, 3.8) is 0 Å². The highest BCUT2D eigenvalue weighted by atomic mass is 79.9. The van der Waals surface area contributed by atoms with Gasteiger partial charge in [-0.05, 0) is 52.4 Å². The molecule has 0 aliphatic rings. The van der Waals surface area contributed by atoms with E-state index in [1.807, 2.05) is 36.4 Å². The van der Waals surface area contributed by atoms with Crippen molar-refractivity contribution in [2.45, 2.75) is 0 Å². The number of hydrogen-bond acceptors (Lipinski definition) is 4. The van der Waals surface area contributed by atoms with Crippen LogP contribution in [0.4, 0.5) is 5.69 Å². The number of carbonyl (C=O) groups is 1. The third kappa shape index (κ3) is 4.10. The first-order chi connectivity index (χ1) is 11.2. The fourth-order valence-electron chi connectivity index (χ4n) is 1.97. The Morgan fingerprint density at radius 3 is 2.83 bits per heavy atom. The van der Waals surface area contributed by atoms with Gasteiger partial charge in [0.2, 0.25) is 5.91 Å². The first-order valence-electron chi connectivity index (χ1n) is 6.79. The van der Waals surface area contributed by atoms with E-state index in [2.05, 4.69) is 36.8 Å². The number of nitrogens with zero attached hydrogens (tertiary/aromatic N) is 4. The number of nitrogens with one attached hydrogen (secondary N) is 1. The third-order valence-electron chi connectivity index (χ3n) is 3.00. The number of halogens is 1. The van der Waals surface area contributed by atoms with Crippen LogP contribution in [0.15, 0.2) is 65.4 Å². The number of benzene rings is 2. The molecule has 2 aromatic carbocycles. The fraction of sp³-hybridized carbons (Fsp3) is 0. The quantitative estimate of drug-likeness (QED) is 0.717. The van der Waals surface area contributed by atoms with Crippen LogP contribution in [0.2, 0.25) is 0 Å². The van der Waals surface area contributed by atoms with Crippen LogP contribution < -0.4 is 5.32 Å². The Labute approximate surface area is 141 Å². The molecule has 1 N–H and O–H groups in total. The van der Waals surface area contributed by atoms with E-state index < -0.39 is 0 Å². The second-order valence-corrected chi connectivity index (χ2v) is 5.60. The highest BCUT2D eigenvalue weighted by Gasteiger charge is 2.02. The second kappa shape index (κ2) is 6.97. The maximum absolute atomic E-state index is 12.0. The Kier molecular flexibility index (Phi) is 4.58. The van der Waals surface area contributed by atoms with Gasteiger partial charge >= 0.3 is 0 Å². The second-order valence-electron chi connectivity index (χ2n) is 4.68. The van der Waals surface area contributed by atoms with Crippen LogP contribution >= 0.6 is 15.9 Å². The molecule has 0 atom stereocenters. The minimum atomic E-state index is -0.209. The molecule has 0 bridgehead atoms. The van der Waals surface area contributed by atoms with Crippen LogP contribution in [0.1, 0.15) is 5.56 Å². The molecule has 3 aromatic rings. The van der Waals surface area contributed by atoms with E-state index in [0.717, 1.165) is 15.7 Å². The third-order valence-corrected chi connectivity index (χ3v) is 3.50. The van der Waals surface area contributed by atoms with Crippen molar-refractivity contribution in [3.05, 3.63) is 71.0 Å². The number of rotatable bonds is 4. The zero-order chi connectivity index (χ0) is 16.1. The molecule has 0 aliphatic heterocycles. The Morgan fingerprint density at radius 2 is 2.04 bits per heavy atom. The molecule has 1 heterocycles. The summed E-state index contributed by atoms with van der Waals surface area (Å²) in [5, 5.41) is 13.8. The van der Waals surface area contributed by atoms with E-state index in [4.69, 9.17) is 0 Å². The standard InChI is InChI=1S/C16H12BrN5O/c17-13-4-1-3-12(9-13)7-8-16(23)19-14-5-2-6-15(10-14)22-11-18-20-21-22/h1-11H,(H,19,23)/b8-7+. The van der Waals surface area contributed by atoms with Crippen LogP contribution in [0.25, 0.3) is 11.8 Å². The van der Waals surface area contributed by atoms with Crippen molar-refractivity contribution in [3.8, 4) is 5.69 Å². The van der Waals surface area contributed by atoms with Crippen LogP contribution in [0.5, 0.6) is 0 Å². The van der Waals surface area contributed by atoms with E-state index in [9.17, 15) is 4.79 Å². The zero-order valence-electron chi connectivity index (χ0n) is 11.9. The Morgan fingerprint density at radius 1 is 1.17 bits per heavy atom. The van der Waals surface area contributed by atoms with Crippen molar-refractivity contribution in [1.82, 2.24) is 20.2 Å². The summed E-state index contributed by atoms with van der Waals surface area (Å²) in [6, 6.07) is 15.0. The first kappa shape index (κ1) is 15.1. The van der Waals surface area contributed by atoms with Gasteiger partial charge in [0, 0.05) is 16.2 Å². The monoisotopic (exact) mass is 369 g/mol. The van der Waals surface area contributed by atoms with Crippen molar-refractivity contribution in [2.24, 2.45) is 0 Å². The predicted octanol–water partition coefficient (Wildman–Crippen LogP) is 3.08. The molecule has 6 nitrogen and oxygen atoms in total. The molecule has 0 saturated carbocycles. The summed E-state index contributed by atoms with van der Waals surface area (Å²) in [5.74, 6) is -0.209. The SMILES string of the molecule is O=C(/C=C/c1cccc(Br)c1)Nc1cccc(-n2cnnn2)c1. The highest BCUT2D eigenvalue weighted by molar-refractivity contribution is 9.10. The lowest BCUT2D eigenvalue weighted by molar-refractivity contribution is -0.111. The van der Waals surface area contributed by atoms with Gasteiger partial charge in [-0.1, -0.05) is 34.1 Å². The number of amides is 1. The van der Waals surface area contributed by atoms with Gasteiger partial charge in [-0.2, -0.15) is 0 Å². The van der Waals surface area contributed by atoms with Gasteiger partial charge in [-0.25, -0.2) is 4.68 Å². The lowest BCUT2D eigenvalue weighted by Crippen LogP contribution is -2.08. The van der Waals surface area contributed by atoms with Crippen LogP contribution in [-0.2, 0) is 4.79 Å². The maximum atomic E-state index is 12.0. The number of aromatic nitrogens is 4. The topological polar surface area (TPSA) is 72.7 Å². The lowest BCUT2D eigenvalue weighted by Gasteiger charge is -2.05. The average molecular weight is 370 g/mol. The first-order valence-corrected chi connectivity index (χ1v) is 7.58.